The Hall–Kier alpha value is -3.02. The summed E-state index contributed by atoms with van der Waals surface area (Å²) in [7, 11) is 0. The Labute approximate surface area is 216 Å². The Morgan fingerprint density at radius 3 is 2.62 bits per heavy atom. The second kappa shape index (κ2) is 9.07. The normalized spacial score (nSPS) is 25.7. The number of fused-ring (bicyclic) bond motifs is 2. The zero-order valence-electron chi connectivity index (χ0n) is 21.5. The minimum absolute atomic E-state index is 0.0923. The van der Waals surface area contributed by atoms with Crippen LogP contribution in [0.15, 0.2) is 18.3 Å². The van der Waals surface area contributed by atoms with Gasteiger partial charge in [-0.05, 0) is 44.7 Å². The van der Waals surface area contributed by atoms with Gasteiger partial charge in [0.1, 0.15) is 11.6 Å². The van der Waals surface area contributed by atoms with E-state index in [0.29, 0.717) is 0 Å². The van der Waals surface area contributed by atoms with Gasteiger partial charge in [-0.3, -0.25) is 5.10 Å². The maximum absolute atomic E-state index is 6.50. The Kier molecular flexibility index (Phi) is 5.67. The summed E-state index contributed by atoms with van der Waals surface area (Å²) in [6.45, 7) is 9.56. The summed E-state index contributed by atoms with van der Waals surface area (Å²) in [5, 5.41) is 11.2. The van der Waals surface area contributed by atoms with Crippen LogP contribution in [0.5, 0.6) is 0 Å². The zero-order chi connectivity index (χ0) is 25.0. The van der Waals surface area contributed by atoms with Gasteiger partial charge in [-0.25, -0.2) is 15.0 Å². The largest absolute Gasteiger partial charge is 0.376 e. The van der Waals surface area contributed by atoms with Crippen LogP contribution in [-0.4, -0.2) is 89.7 Å². The lowest BCUT2D eigenvalue weighted by molar-refractivity contribution is 0.0974. The molecule has 196 valence electrons. The number of nitrogens with one attached hydrogen (secondary N) is 2. The van der Waals surface area contributed by atoms with Gasteiger partial charge in [0.15, 0.2) is 17.0 Å². The molecule has 7 heterocycles. The maximum atomic E-state index is 6.50. The van der Waals surface area contributed by atoms with Crippen molar-refractivity contribution >= 4 is 34.3 Å². The number of H-pyrrole nitrogens is 1. The predicted octanol–water partition coefficient (Wildman–Crippen LogP) is 1.57. The van der Waals surface area contributed by atoms with Crippen LogP contribution < -0.4 is 25.8 Å². The fourth-order valence-corrected chi connectivity index (χ4v) is 6.50. The monoisotopic (exact) mass is 504 g/mol. The molecule has 0 unspecified atom stereocenters. The van der Waals surface area contributed by atoms with Crippen LogP contribution in [0.25, 0.3) is 11.2 Å². The minimum Gasteiger partial charge on any atom is -0.376 e. The van der Waals surface area contributed by atoms with E-state index >= 15 is 0 Å². The van der Waals surface area contributed by atoms with Gasteiger partial charge in [-0.1, -0.05) is 0 Å². The molecule has 7 rings (SSSR count). The van der Waals surface area contributed by atoms with Gasteiger partial charge >= 0.3 is 0 Å². The molecule has 1 spiro atoms. The fraction of sp³-hybridized carbons (Fsp3) is 0.615. The topological polar surface area (TPSA) is 124 Å². The van der Waals surface area contributed by atoms with Gasteiger partial charge in [0.05, 0.1) is 30.3 Å². The smallest absolute Gasteiger partial charge is 0.183 e. The summed E-state index contributed by atoms with van der Waals surface area (Å²) in [4.78, 5) is 21.7. The number of rotatable bonds is 3. The first-order chi connectivity index (χ1) is 18.1. The molecule has 3 fully saturated rings. The average Bonchev–Trinajstić information content (AvgIpc) is 3.50. The first-order valence-corrected chi connectivity index (χ1v) is 13.7. The molecule has 0 bridgehead atoms. The van der Waals surface area contributed by atoms with E-state index < -0.39 is 0 Å². The molecule has 3 saturated heterocycles. The lowest BCUT2D eigenvalue weighted by atomic mass is 9.73. The van der Waals surface area contributed by atoms with E-state index in [0.717, 1.165) is 118 Å². The van der Waals surface area contributed by atoms with Crippen molar-refractivity contribution in [3.63, 3.8) is 0 Å². The van der Waals surface area contributed by atoms with Gasteiger partial charge < -0.3 is 30.5 Å². The summed E-state index contributed by atoms with van der Waals surface area (Å²) in [6, 6.07) is 4.45. The number of ether oxygens (including phenoxy) is 1. The molecule has 0 radical (unpaired) electrons. The highest BCUT2D eigenvalue weighted by Gasteiger charge is 2.47. The van der Waals surface area contributed by atoms with E-state index in [1.165, 1.54) is 0 Å². The van der Waals surface area contributed by atoms with E-state index in [1.54, 1.807) is 0 Å². The molecule has 4 N–H and O–H groups in total. The molecule has 37 heavy (non-hydrogen) atoms. The zero-order valence-corrected chi connectivity index (χ0v) is 21.5. The number of aromatic nitrogens is 5. The van der Waals surface area contributed by atoms with Crippen molar-refractivity contribution in [1.29, 1.82) is 0 Å². The van der Waals surface area contributed by atoms with Crippen LogP contribution in [0.2, 0.25) is 0 Å². The van der Waals surface area contributed by atoms with Crippen molar-refractivity contribution < 1.29 is 4.74 Å². The van der Waals surface area contributed by atoms with Crippen LogP contribution in [-0.2, 0) is 11.2 Å². The second-order valence-electron chi connectivity index (χ2n) is 11.0. The highest BCUT2D eigenvalue weighted by Crippen LogP contribution is 2.42. The fourth-order valence-electron chi connectivity index (χ4n) is 6.50. The van der Waals surface area contributed by atoms with Crippen LogP contribution in [0.4, 0.5) is 23.1 Å². The van der Waals surface area contributed by atoms with E-state index in [1.807, 2.05) is 6.20 Å². The highest BCUT2D eigenvalue weighted by molar-refractivity contribution is 5.87. The Balaban J connectivity index is 1.11. The van der Waals surface area contributed by atoms with Crippen LogP contribution >= 0.6 is 0 Å². The van der Waals surface area contributed by atoms with Gasteiger partial charge in [0.25, 0.3) is 0 Å². The molecule has 3 aromatic heterocycles. The molecule has 0 amide bonds. The second-order valence-corrected chi connectivity index (χ2v) is 11.0. The molecule has 11 nitrogen and oxygen atoms in total. The third kappa shape index (κ3) is 3.91. The van der Waals surface area contributed by atoms with Crippen molar-refractivity contribution in [2.45, 2.75) is 44.8 Å². The van der Waals surface area contributed by atoms with E-state index in [9.17, 15) is 0 Å². The Morgan fingerprint density at radius 2 is 1.84 bits per heavy atom. The first-order valence-electron chi connectivity index (χ1n) is 13.7. The predicted molar refractivity (Wildman–Crippen MR) is 144 cm³/mol. The molecular weight excluding hydrogens is 468 g/mol. The molecule has 4 aliphatic heterocycles. The number of hydrogen-bond donors (Lipinski definition) is 3. The van der Waals surface area contributed by atoms with Crippen molar-refractivity contribution in [3.05, 3.63) is 24.0 Å². The Bertz CT molecular complexity index is 1280. The first kappa shape index (κ1) is 23.1. The minimum atomic E-state index is 0.0923. The number of nitrogens with zero attached hydrogens (tertiary/aromatic N) is 7. The van der Waals surface area contributed by atoms with Crippen LogP contribution in [0, 0.1) is 5.41 Å². The number of nitrogens with two attached hydrogens (primary N) is 1. The molecular formula is C26H36N10O. The third-order valence-electron chi connectivity index (χ3n) is 8.89. The number of hydrogen-bond acceptors (Lipinski definition) is 10. The van der Waals surface area contributed by atoms with Crippen molar-refractivity contribution in [2.75, 3.05) is 67.1 Å². The van der Waals surface area contributed by atoms with E-state index in [4.69, 9.17) is 25.4 Å². The molecule has 0 aliphatic carbocycles. The summed E-state index contributed by atoms with van der Waals surface area (Å²) in [5.74, 6) is 2.79. The molecule has 0 saturated carbocycles. The number of aromatic amines is 1. The standard InChI is InChI=1S/C26H36N10O/c1-17-23(27)26(16-37-17)6-11-34(12-7-26)21-15-29-22-24(31-21)32-33-25(22)36-10-2-3-18-19(36)4-5-20(30-18)35-13-8-28-9-14-35/h4-5,15,17,23,28H,2-3,6-14,16,27H2,1H3,(H,31,32,33)/t17-,23+/m0/s1. The van der Waals surface area contributed by atoms with Crippen molar-refractivity contribution in [1.82, 2.24) is 30.5 Å². The van der Waals surface area contributed by atoms with Gasteiger partial charge in [-0.2, -0.15) is 5.10 Å². The van der Waals surface area contributed by atoms with Gasteiger partial charge in [-0.15, -0.1) is 0 Å². The SMILES string of the molecule is C[C@@H]1OCC2(CCN(c3cnc4c(N5CCCc6nc(N7CCNCC7)ccc65)n[nH]c4n3)CC2)[C@@H]1N. The number of piperazine rings is 1. The van der Waals surface area contributed by atoms with Gasteiger partial charge in [0, 0.05) is 57.3 Å². The molecule has 2 atom stereocenters. The van der Waals surface area contributed by atoms with Crippen molar-refractivity contribution in [3.8, 4) is 0 Å². The van der Waals surface area contributed by atoms with E-state index in [2.05, 4.69) is 49.3 Å². The molecule has 4 aliphatic rings. The summed E-state index contributed by atoms with van der Waals surface area (Å²) in [5.41, 5.74) is 10.4. The molecule has 3 aromatic rings. The number of anilines is 4. The van der Waals surface area contributed by atoms with E-state index in [-0.39, 0.29) is 17.6 Å². The lowest BCUT2D eigenvalue weighted by Gasteiger charge is -2.41. The number of pyridine rings is 1. The van der Waals surface area contributed by atoms with Crippen molar-refractivity contribution in [2.24, 2.45) is 11.1 Å². The van der Waals surface area contributed by atoms with Crippen LogP contribution in [0.1, 0.15) is 31.9 Å². The van der Waals surface area contributed by atoms with Crippen LogP contribution in [0.3, 0.4) is 0 Å². The average molecular weight is 505 g/mol. The summed E-state index contributed by atoms with van der Waals surface area (Å²) in [6.07, 6.45) is 6.07. The summed E-state index contributed by atoms with van der Waals surface area (Å²) < 4.78 is 5.88. The Morgan fingerprint density at radius 1 is 1.03 bits per heavy atom. The quantitative estimate of drug-likeness (QED) is 0.484. The number of piperidine rings is 1. The lowest BCUT2D eigenvalue weighted by Crippen LogP contribution is -2.50. The number of aryl methyl sites for hydroxylation is 1. The molecule has 11 heteroatoms. The summed E-state index contributed by atoms with van der Waals surface area (Å²) >= 11 is 0. The van der Waals surface area contributed by atoms with Gasteiger partial charge in [0.2, 0.25) is 0 Å². The molecule has 0 aromatic carbocycles. The maximum Gasteiger partial charge on any atom is 0.183 e. The third-order valence-corrected chi connectivity index (χ3v) is 8.89. The highest BCUT2D eigenvalue weighted by atomic mass is 16.5.